The maximum absolute atomic E-state index is 13.4. The van der Waals surface area contributed by atoms with Crippen molar-refractivity contribution >= 4 is 27.3 Å². The summed E-state index contributed by atoms with van der Waals surface area (Å²) < 4.78 is 39.2. The van der Waals surface area contributed by atoms with Crippen molar-refractivity contribution in [2.45, 2.75) is 19.8 Å². The molecule has 0 aliphatic carbocycles. The van der Waals surface area contributed by atoms with Gasteiger partial charge < -0.3 is 5.32 Å². The first-order chi connectivity index (χ1) is 8.96. The molecule has 19 heavy (non-hydrogen) atoms. The van der Waals surface area contributed by atoms with Gasteiger partial charge in [-0.25, -0.2) is 12.8 Å². The topological polar surface area (TPSA) is 58.2 Å². The molecule has 0 unspecified atom stereocenters. The van der Waals surface area contributed by atoms with Gasteiger partial charge in [0, 0.05) is 0 Å². The maximum Gasteiger partial charge on any atom is 0.232 e. The van der Waals surface area contributed by atoms with Crippen molar-refractivity contribution in [1.29, 1.82) is 0 Å². The summed E-state index contributed by atoms with van der Waals surface area (Å²) >= 11 is 5.76. The number of nitrogens with one attached hydrogen (secondary N) is 2. The van der Waals surface area contributed by atoms with Crippen molar-refractivity contribution in [3.63, 3.8) is 0 Å². The normalized spacial score (nSPS) is 11.5. The summed E-state index contributed by atoms with van der Waals surface area (Å²) in [7, 11) is -3.57. The first kappa shape index (κ1) is 16.2. The molecule has 108 valence electrons. The quantitative estimate of drug-likeness (QED) is 0.726. The molecule has 0 saturated heterocycles. The molecule has 0 fully saturated rings. The van der Waals surface area contributed by atoms with Crippen LogP contribution in [0.25, 0.3) is 0 Å². The first-order valence-electron chi connectivity index (χ1n) is 6.11. The van der Waals surface area contributed by atoms with Gasteiger partial charge >= 0.3 is 0 Å². The van der Waals surface area contributed by atoms with E-state index in [1.54, 1.807) is 0 Å². The van der Waals surface area contributed by atoms with E-state index in [9.17, 15) is 12.8 Å². The Hall–Kier alpha value is -0.850. The molecule has 0 spiro atoms. The molecule has 2 N–H and O–H groups in total. The second-order valence-corrected chi connectivity index (χ2v) is 6.33. The maximum atomic E-state index is 13.4. The molecule has 1 aromatic rings. The predicted octanol–water partition coefficient (Wildman–Crippen LogP) is 2.61. The molecule has 0 aliphatic rings. The zero-order valence-corrected chi connectivity index (χ0v) is 12.3. The van der Waals surface area contributed by atoms with Crippen LogP contribution in [0, 0.1) is 5.82 Å². The lowest BCUT2D eigenvalue weighted by atomic mass is 10.3. The fourth-order valence-corrected chi connectivity index (χ4v) is 2.99. The van der Waals surface area contributed by atoms with Crippen LogP contribution in [-0.4, -0.2) is 27.3 Å². The van der Waals surface area contributed by atoms with E-state index in [0.29, 0.717) is 6.42 Å². The van der Waals surface area contributed by atoms with Crippen LogP contribution < -0.4 is 10.0 Å². The van der Waals surface area contributed by atoms with E-state index in [-0.39, 0.29) is 16.5 Å². The Kier molecular flexibility index (Phi) is 6.54. The summed E-state index contributed by atoms with van der Waals surface area (Å²) in [6.45, 7) is 3.61. The van der Waals surface area contributed by atoms with Gasteiger partial charge in [0.1, 0.15) is 11.5 Å². The lowest BCUT2D eigenvalue weighted by Gasteiger charge is -2.10. The van der Waals surface area contributed by atoms with Gasteiger partial charge in [0.15, 0.2) is 0 Å². The fraction of sp³-hybridized carbons (Fsp3) is 0.500. The first-order valence-corrected chi connectivity index (χ1v) is 8.14. The highest BCUT2D eigenvalue weighted by atomic mass is 35.5. The van der Waals surface area contributed by atoms with Crippen LogP contribution in [0.3, 0.4) is 0 Å². The van der Waals surface area contributed by atoms with Crippen LogP contribution in [-0.2, 0) is 10.0 Å². The Labute approximate surface area is 118 Å². The predicted molar refractivity (Wildman–Crippen MR) is 76.6 cm³/mol. The Morgan fingerprint density at radius 1 is 1.32 bits per heavy atom. The number of hydrogen-bond acceptors (Lipinski definition) is 3. The molecular weight excluding hydrogens is 291 g/mol. The fourth-order valence-electron chi connectivity index (χ4n) is 1.52. The molecule has 0 bridgehead atoms. The Morgan fingerprint density at radius 2 is 2.05 bits per heavy atom. The van der Waals surface area contributed by atoms with E-state index in [1.165, 1.54) is 12.1 Å². The number of anilines is 1. The van der Waals surface area contributed by atoms with E-state index in [4.69, 9.17) is 11.6 Å². The van der Waals surface area contributed by atoms with Crippen molar-refractivity contribution in [2.24, 2.45) is 0 Å². The molecule has 1 aromatic carbocycles. The highest BCUT2D eigenvalue weighted by Crippen LogP contribution is 2.25. The van der Waals surface area contributed by atoms with E-state index in [1.807, 2.05) is 6.92 Å². The number of rotatable bonds is 8. The lowest BCUT2D eigenvalue weighted by Crippen LogP contribution is -2.20. The van der Waals surface area contributed by atoms with Gasteiger partial charge in [0.25, 0.3) is 0 Å². The van der Waals surface area contributed by atoms with Gasteiger partial charge in [-0.1, -0.05) is 24.6 Å². The van der Waals surface area contributed by atoms with Crippen LogP contribution in [0.2, 0.25) is 5.02 Å². The minimum Gasteiger partial charge on any atom is -0.317 e. The van der Waals surface area contributed by atoms with Crippen LogP contribution in [0.1, 0.15) is 19.8 Å². The van der Waals surface area contributed by atoms with Gasteiger partial charge in [-0.3, -0.25) is 4.72 Å². The van der Waals surface area contributed by atoms with Crippen molar-refractivity contribution in [3.8, 4) is 0 Å². The summed E-state index contributed by atoms with van der Waals surface area (Å²) in [5.41, 5.74) is -0.184. The van der Waals surface area contributed by atoms with Crippen LogP contribution in [0.5, 0.6) is 0 Å². The van der Waals surface area contributed by atoms with Gasteiger partial charge in [-0.15, -0.1) is 0 Å². The highest BCUT2D eigenvalue weighted by Gasteiger charge is 2.15. The van der Waals surface area contributed by atoms with E-state index < -0.39 is 15.8 Å². The monoisotopic (exact) mass is 308 g/mol. The van der Waals surface area contributed by atoms with Crippen LogP contribution in [0.15, 0.2) is 18.2 Å². The molecule has 0 aromatic heterocycles. The number of sulfonamides is 1. The third-order valence-corrected chi connectivity index (χ3v) is 4.14. The smallest absolute Gasteiger partial charge is 0.232 e. The van der Waals surface area contributed by atoms with Crippen molar-refractivity contribution in [3.05, 3.63) is 29.0 Å². The summed E-state index contributed by atoms with van der Waals surface area (Å²) in [5, 5.41) is 3.16. The van der Waals surface area contributed by atoms with E-state index >= 15 is 0 Å². The van der Waals surface area contributed by atoms with Crippen molar-refractivity contribution in [1.82, 2.24) is 5.32 Å². The summed E-state index contributed by atoms with van der Waals surface area (Å²) in [4.78, 5) is 0. The van der Waals surface area contributed by atoms with Gasteiger partial charge in [-0.2, -0.15) is 0 Å². The average molecular weight is 309 g/mol. The average Bonchev–Trinajstić information content (AvgIpc) is 2.34. The Balaban J connectivity index is 2.55. The Morgan fingerprint density at radius 3 is 2.68 bits per heavy atom. The summed E-state index contributed by atoms with van der Waals surface area (Å²) in [5.74, 6) is -0.730. The minimum absolute atomic E-state index is 0.0521. The second kappa shape index (κ2) is 7.67. The summed E-state index contributed by atoms with van der Waals surface area (Å²) in [6.07, 6.45) is 1.26. The zero-order chi connectivity index (χ0) is 14.3. The van der Waals surface area contributed by atoms with Crippen LogP contribution in [0.4, 0.5) is 10.1 Å². The van der Waals surface area contributed by atoms with Gasteiger partial charge in [0.2, 0.25) is 10.0 Å². The molecule has 0 aliphatic heterocycles. The summed E-state index contributed by atoms with van der Waals surface area (Å²) in [6, 6.07) is 4.02. The molecule has 7 heteroatoms. The largest absolute Gasteiger partial charge is 0.317 e. The van der Waals surface area contributed by atoms with E-state index in [0.717, 1.165) is 25.6 Å². The number of unbranched alkanes of at least 4 members (excludes halogenated alkanes) is 1. The molecule has 0 atom stereocenters. The minimum atomic E-state index is -3.57. The third-order valence-electron chi connectivity index (χ3n) is 2.49. The highest BCUT2D eigenvalue weighted by molar-refractivity contribution is 7.92. The number of halogens is 2. The zero-order valence-electron chi connectivity index (χ0n) is 10.7. The van der Waals surface area contributed by atoms with Crippen LogP contribution >= 0.6 is 11.6 Å². The Bertz CT molecular complexity index is 488. The van der Waals surface area contributed by atoms with Crippen molar-refractivity contribution < 1.29 is 12.8 Å². The molecule has 4 nitrogen and oxygen atoms in total. The van der Waals surface area contributed by atoms with Gasteiger partial charge in [0.05, 0.1) is 10.8 Å². The molecule has 0 amide bonds. The molecule has 0 heterocycles. The van der Waals surface area contributed by atoms with Crippen molar-refractivity contribution in [2.75, 3.05) is 23.6 Å². The van der Waals surface area contributed by atoms with Gasteiger partial charge in [-0.05, 0) is 38.1 Å². The second-order valence-electron chi connectivity index (χ2n) is 4.08. The molecule has 0 radical (unpaired) electrons. The van der Waals surface area contributed by atoms with E-state index in [2.05, 4.69) is 10.0 Å². The lowest BCUT2D eigenvalue weighted by molar-refractivity contribution is 0.591. The molecule has 0 saturated carbocycles. The number of para-hydroxylation sites is 1. The molecule has 1 rings (SSSR count). The standard InChI is InChI=1S/C12H18ClFN2O2S/c1-2-15-8-3-4-9-19(17,18)16-12-10(13)6-5-7-11(12)14/h5-7,15-16H,2-4,8-9H2,1H3. The third kappa shape index (κ3) is 5.76. The SMILES string of the molecule is CCNCCCCS(=O)(=O)Nc1c(F)cccc1Cl. The number of hydrogen-bond donors (Lipinski definition) is 2. The number of benzene rings is 1. The molecular formula is C12H18ClFN2O2S.